The summed E-state index contributed by atoms with van der Waals surface area (Å²) in [7, 11) is 0. The van der Waals surface area contributed by atoms with Gasteiger partial charge in [-0.3, -0.25) is 0 Å². The number of benzene rings is 1. The number of ether oxygens (including phenoxy) is 1. The minimum absolute atomic E-state index is 0.267. The van der Waals surface area contributed by atoms with Gasteiger partial charge >= 0.3 is 6.09 Å². The number of hydrogen-bond acceptors (Lipinski definition) is 7. The molecular weight excluding hydrogens is 344 g/mol. The topological polar surface area (TPSA) is 83.5 Å². The average Bonchev–Trinajstić information content (AvgIpc) is 2.65. The Labute approximate surface area is 159 Å². The molecule has 27 heavy (non-hydrogen) atoms. The smallest absolute Gasteiger partial charge is 0.409 e. The third-order valence-electron chi connectivity index (χ3n) is 4.57. The largest absolute Gasteiger partial charge is 0.450 e. The van der Waals surface area contributed by atoms with E-state index in [-0.39, 0.29) is 6.09 Å². The molecule has 1 amide bonds. The SMILES string of the molecule is CCOC(=O)N1CCN(c2nncc(Nc3c(C)cc(C)cc3C)n2)CC1. The van der Waals surface area contributed by atoms with E-state index in [4.69, 9.17) is 4.74 Å². The molecule has 1 aromatic heterocycles. The molecule has 2 aromatic rings. The Bertz CT molecular complexity index is 795. The van der Waals surface area contributed by atoms with Crippen LogP contribution in [0.25, 0.3) is 0 Å². The van der Waals surface area contributed by atoms with Crippen molar-refractivity contribution in [2.75, 3.05) is 43.0 Å². The lowest BCUT2D eigenvalue weighted by atomic mass is 10.1. The molecule has 0 aliphatic carbocycles. The first kappa shape index (κ1) is 18.9. The van der Waals surface area contributed by atoms with E-state index in [0.717, 1.165) is 16.8 Å². The predicted molar refractivity (Wildman–Crippen MR) is 105 cm³/mol. The lowest BCUT2D eigenvalue weighted by molar-refractivity contribution is 0.105. The molecule has 8 heteroatoms. The molecule has 0 bridgehead atoms. The number of nitrogens with one attached hydrogen (secondary N) is 1. The molecular formula is C19H26N6O2. The van der Waals surface area contributed by atoms with E-state index in [1.165, 1.54) is 5.56 Å². The molecule has 2 heterocycles. The summed E-state index contributed by atoms with van der Waals surface area (Å²) in [4.78, 5) is 20.2. The second kappa shape index (κ2) is 8.20. The number of aromatic nitrogens is 3. The summed E-state index contributed by atoms with van der Waals surface area (Å²) >= 11 is 0. The summed E-state index contributed by atoms with van der Waals surface area (Å²) in [5.41, 5.74) is 4.60. The number of carbonyl (C=O) groups excluding carboxylic acids is 1. The van der Waals surface area contributed by atoms with E-state index in [1.54, 1.807) is 11.1 Å². The predicted octanol–water partition coefficient (Wildman–Crippen LogP) is 2.82. The quantitative estimate of drug-likeness (QED) is 0.886. The highest BCUT2D eigenvalue weighted by Gasteiger charge is 2.23. The van der Waals surface area contributed by atoms with E-state index in [0.29, 0.717) is 44.6 Å². The number of anilines is 3. The lowest BCUT2D eigenvalue weighted by Crippen LogP contribution is -2.49. The first-order valence-electron chi connectivity index (χ1n) is 9.19. The summed E-state index contributed by atoms with van der Waals surface area (Å²) in [6.07, 6.45) is 1.36. The van der Waals surface area contributed by atoms with Crippen molar-refractivity contribution in [1.29, 1.82) is 0 Å². The zero-order valence-corrected chi connectivity index (χ0v) is 16.3. The van der Waals surface area contributed by atoms with Crippen molar-refractivity contribution in [2.24, 2.45) is 0 Å². The maximum Gasteiger partial charge on any atom is 0.409 e. The monoisotopic (exact) mass is 370 g/mol. The van der Waals surface area contributed by atoms with Crippen LogP contribution in [0.5, 0.6) is 0 Å². The summed E-state index contributed by atoms with van der Waals surface area (Å²) in [6.45, 7) is 10.9. The Morgan fingerprint density at radius 1 is 1.15 bits per heavy atom. The van der Waals surface area contributed by atoms with Gasteiger partial charge in [0, 0.05) is 31.9 Å². The number of aryl methyl sites for hydroxylation is 3. The second-order valence-electron chi connectivity index (χ2n) is 6.71. The van der Waals surface area contributed by atoms with Crippen LogP contribution in [0.3, 0.4) is 0 Å². The van der Waals surface area contributed by atoms with E-state index < -0.39 is 0 Å². The Morgan fingerprint density at radius 3 is 2.44 bits per heavy atom. The maximum atomic E-state index is 11.8. The van der Waals surface area contributed by atoms with Gasteiger partial charge in [0.05, 0.1) is 12.8 Å². The van der Waals surface area contributed by atoms with Crippen LogP contribution >= 0.6 is 0 Å². The third-order valence-corrected chi connectivity index (χ3v) is 4.57. The molecule has 144 valence electrons. The van der Waals surface area contributed by atoms with Crippen LogP contribution in [0.1, 0.15) is 23.6 Å². The van der Waals surface area contributed by atoms with Crippen LogP contribution in [-0.2, 0) is 4.74 Å². The van der Waals surface area contributed by atoms with Crippen molar-refractivity contribution in [1.82, 2.24) is 20.1 Å². The molecule has 8 nitrogen and oxygen atoms in total. The van der Waals surface area contributed by atoms with E-state index >= 15 is 0 Å². The van der Waals surface area contributed by atoms with Gasteiger partial charge < -0.3 is 19.9 Å². The van der Waals surface area contributed by atoms with Crippen molar-refractivity contribution < 1.29 is 9.53 Å². The van der Waals surface area contributed by atoms with E-state index in [9.17, 15) is 4.79 Å². The van der Waals surface area contributed by atoms with E-state index in [1.807, 2.05) is 11.8 Å². The summed E-state index contributed by atoms with van der Waals surface area (Å²) in [5, 5.41) is 11.6. The highest BCUT2D eigenvalue weighted by Crippen LogP contribution is 2.25. The summed E-state index contributed by atoms with van der Waals surface area (Å²) in [5.74, 6) is 1.22. The second-order valence-corrected chi connectivity index (χ2v) is 6.71. The normalized spacial score (nSPS) is 14.2. The van der Waals surface area contributed by atoms with Crippen LogP contribution in [0.2, 0.25) is 0 Å². The molecule has 0 radical (unpaired) electrons. The minimum atomic E-state index is -0.267. The molecule has 0 spiro atoms. The highest BCUT2D eigenvalue weighted by atomic mass is 16.6. The fraction of sp³-hybridized carbons (Fsp3) is 0.474. The molecule has 0 atom stereocenters. The number of carbonyl (C=O) groups is 1. The van der Waals surface area contributed by atoms with Gasteiger partial charge in [0.25, 0.3) is 0 Å². The fourth-order valence-electron chi connectivity index (χ4n) is 3.30. The zero-order chi connectivity index (χ0) is 19.4. The van der Waals surface area contributed by atoms with Crippen LogP contribution in [0.4, 0.5) is 22.2 Å². The van der Waals surface area contributed by atoms with Crippen molar-refractivity contribution in [3.05, 3.63) is 35.0 Å². The summed E-state index contributed by atoms with van der Waals surface area (Å²) in [6, 6.07) is 4.28. The van der Waals surface area contributed by atoms with Crippen LogP contribution in [0, 0.1) is 20.8 Å². The minimum Gasteiger partial charge on any atom is -0.450 e. The number of hydrogen-bond donors (Lipinski definition) is 1. The van der Waals surface area contributed by atoms with Crippen molar-refractivity contribution >= 4 is 23.5 Å². The van der Waals surface area contributed by atoms with Crippen molar-refractivity contribution in [2.45, 2.75) is 27.7 Å². The van der Waals surface area contributed by atoms with Gasteiger partial charge in [-0.05, 0) is 38.8 Å². The van der Waals surface area contributed by atoms with Gasteiger partial charge in [-0.2, -0.15) is 10.1 Å². The number of piperazine rings is 1. The van der Waals surface area contributed by atoms with Gasteiger partial charge in [-0.1, -0.05) is 17.7 Å². The maximum absolute atomic E-state index is 11.8. The number of rotatable bonds is 4. The van der Waals surface area contributed by atoms with Crippen molar-refractivity contribution in [3.8, 4) is 0 Å². The Morgan fingerprint density at radius 2 is 1.81 bits per heavy atom. The number of amides is 1. The molecule has 1 aliphatic rings. The third kappa shape index (κ3) is 4.45. The molecule has 1 aliphatic heterocycles. The van der Waals surface area contributed by atoms with Gasteiger partial charge in [0.1, 0.15) is 0 Å². The number of nitrogens with zero attached hydrogens (tertiary/aromatic N) is 5. The zero-order valence-electron chi connectivity index (χ0n) is 16.3. The Kier molecular flexibility index (Phi) is 5.73. The molecule has 3 rings (SSSR count). The Hall–Kier alpha value is -2.90. The molecule has 1 N–H and O–H groups in total. The molecule has 0 saturated carbocycles. The van der Waals surface area contributed by atoms with Crippen LogP contribution < -0.4 is 10.2 Å². The first-order valence-corrected chi connectivity index (χ1v) is 9.19. The fourth-order valence-corrected chi connectivity index (χ4v) is 3.30. The first-order chi connectivity index (χ1) is 13.0. The lowest BCUT2D eigenvalue weighted by Gasteiger charge is -2.33. The van der Waals surface area contributed by atoms with Gasteiger partial charge in [0.2, 0.25) is 5.95 Å². The Balaban J connectivity index is 1.69. The van der Waals surface area contributed by atoms with E-state index in [2.05, 4.69) is 53.4 Å². The van der Waals surface area contributed by atoms with Gasteiger partial charge in [-0.15, -0.1) is 5.10 Å². The van der Waals surface area contributed by atoms with Gasteiger partial charge in [0.15, 0.2) is 5.82 Å². The molecule has 0 unspecified atom stereocenters. The highest BCUT2D eigenvalue weighted by molar-refractivity contribution is 5.68. The standard InChI is InChI=1S/C19H26N6O2/c1-5-27-19(26)25-8-6-24(7-9-25)18-22-16(12-20-23-18)21-17-14(3)10-13(2)11-15(17)4/h10-12H,5-9H2,1-4H3,(H,21,22,23). The van der Waals surface area contributed by atoms with Gasteiger partial charge in [-0.25, -0.2) is 4.79 Å². The average molecular weight is 370 g/mol. The van der Waals surface area contributed by atoms with Crippen LogP contribution in [-0.4, -0.2) is 59.0 Å². The molecule has 1 aromatic carbocycles. The molecule has 1 fully saturated rings. The van der Waals surface area contributed by atoms with Crippen LogP contribution in [0.15, 0.2) is 18.3 Å². The molecule has 1 saturated heterocycles. The van der Waals surface area contributed by atoms with Crippen molar-refractivity contribution in [3.63, 3.8) is 0 Å². The summed E-state index contributed by atoms with van der Waals surface area (Å²) < 4.78 is 5.05.